The number of ether oxygens (including phenoxy) is 2. The van der Waals surface area contributed by atoms with Crippen LogP contribution in [0.5, 0.6) is 0 Å². The van der Waals surface area contributed by atoms with E-state index in [1.807, 2.05) is 0 Å². The normalized spacial score (nSPS) is 16.2. The second-order valence-electron chi connectivity index (χ2n) is 6.95. The minimum atomic E-state index is -0.353. The van der Waals surface area contributed by atoms with E-state index in [2.05, 4.69) is 20.8 Å². The summed E-state index contributed by atoms with van der Waals surface area (Å²) < 4.78 is 11.5. The van der Waals surface area contributed by atoms with E-state index in [4.69, 9.17) is 9.47 Å². The molecule has 2 heteroatoms. The van der Waals surface area contributed by atoms with Crippen molar-refractivity contribution >= 4 is 0 Å². The molecule has 0 saturated heterocycles. The lowest BCUT2D eigenvalue weighted by molar-refractivity contribution is -0.159. The maximum Gasteiger partial charge on any atom is 0.250 e. The van der Waals surface area contributed by atoms with Gasteiger partial charge in [-0.15, -0.1) is 0 Å². The Morgan fingerprint density at radius 1 is 0.762 bits per heavy atom. The molecule has 0 aromatic carbocycles. The topological polar surface area (TPSA) is 18.5 Å². The third kappa shape index (κ3) is 8.38. The highest BCUT2D eigenvalue weighted by Gasteiger charge is 2.35. The van der Waals surface area contributed by atoms with E-state index >= 15 is 0 Å². The molecule has 0 radical (unpaired) electrons. The average Bonchev–Trinajstić information content (AvgIpc) is 2.89. The SMILES string of the molecule is CCCCCCCCCCCCC1(CC(C)C)OC=CO1. The van der Waals surface area contributed by atoms with Crippen LogP contribution in [0.3, 0.4) is 0 Å². The van der Waals surface area contributed by atoms with E-state index in [1.165, 1.54) is 64.2 Å². The van der Waals surface area contributed by atoms with Crippen molar-refractivity contribution in [2.75, 3.05) is 0 Å². The van der Waals surface area contributed by atoms with Gasteiger partial charge in [-0.25, -0.2) is 0 Å². The van der Waals surface area contributed by atoms with Gasteiger partial charge in [0.2, 0.25) is 5.79 Å². The summed E-state index contributed by atoms with van der Waals surface area (Å²) in [6, 6.07) is 0. The smallest absolute Gasteiger partial charge is 0.250 e. The van der Waals surface area contributed by atoms with Gasteiger partial charge in [0.15, 0.2) is 0 Å². The number of hydrogen-bond acceptors (Lipinski definition) is 2. The molecule has 2 nitrogen and oxygen atoms in total. The van der Waals surface area contributed by atoms with Gasteiger partial charge in [0.25, 0.3) is 0 Å². The summed E-state index contributed by atoms with van der Waals surface area (Å²) in [6.45, 7) is 6.73. The quantitative estimate of drug-likeness (QED) is 0.358. The summed E-state index contributed by atoms with van der Waals surface area (Å²) >= 11 is 0. The zero-order chi connectivity index (χ0) is 15.4. The van der Waals surface area contributed by atoms with Crippen molar-refractivity contribution in [3.8, 4) is 0 Å². The molecule has 0 bridgehead atoms. The number of unbranched alkanes of at least 4 members (excludes halogenated alkanes) is 9. The third-order valence-electron chi connectivity index (χ3n) is 4.25. The van der Waals surface area contributed by atoms with Crippen molar-refractivity contribution in [3.05, 3.63) is 12.5 Å². The molecule has 0 N–H and O–H groups in total. The Bertz CT molecular complexity index is 263. The van der Waals surface area contributed by atoms with E-state index < -0.39 is 0 Å². The maximum atomic E-state index is 5.73. The lowest BCUT2D eigenvalue weighted by atomic mass is 9.96. The van der Waals surface area contributed by atoms with Crippen LogP contribution in [0.2, 0.25) is 0 Å². The van der Waals surface area contributed by atoms with Gasteiger partial charge in [0, 0.05) is 12.8 Å². The van der Waals surface area contributed by atoms with Gasteiger partial charge in [0.1, 0.15) is 12.5 Å². The summed E-state index contributed by atoms with van der Waals surface area (Å²) in [5, 5.41) is 0. The zero-order valence-electron chi connectivity index (χ0n) is 14.5. The molecule has 0 spiro atoms. The minimum Gasteiger partial charge on any atom is -0.457 e. The summed E-state index contributed by atoms with van der Waals surface area (Å²) in [4.78, 5) is 0. The molecule has 0 fully saturated rings. The molecule has 0 aliphatic carbocycles. The Morgan fingerprint density at radius 2 is 1.24 bits per heavy atom. The molecule has 0 atom stereocenters. The van der Waals surface area contributed by atoms with Crippen molar-refractivity contribution in [1.82, 2.24) is 0 Å². The second kappa shape index (κ2) is 11.0. The lowest BCUT2D eigenvalue weighted by Gasteiger charge is -2.29. The number of hydrogen-bond donors (Lipinski definition) is 0. The fourth-order valence-electron chi connectivity index (χ4n) is 3.15. The van der Waals surface area contributed by atoms with Crippen LogP contribution < -0.4 is 0 Å². The Labute approximate surface area is 132 Å². The van der Waals surface area contributed by atoms with Gasteiger partial charge in [-0.1, -0.05) is 78.6 Å². The highest BCUT2D eigenvalue weighted by molar-refractivity contribution is 4.84. The molecule has 0 aromatic rings. The third-order valence-corrected chi connectivity index (χ3v) is 4.25. The summed E-state index contributed by atoms with van der Waals surface area (Å²) in [5.74, 6) is 0.252. The molecule has 1 aliphatic rings. The number of rotatable bonds is 13. The van der Waals surface area contributed by atoms with Gasteiger partial charge in [-0.3, -0.25) is 0 Å². The van der Waals surface area contributed by atoms with Gasteiger partial charge < -0.3 is 9.47 Å². The Balaban J connectivity index is 1.97. The first-order chi connectivity index (χ1) is 10.2. The summed E-state index contributed by atoms with van der Waals surface area (Å²) in [7, 11) is 0. The summed E-state index contributed by atoms with van der Waals surface area (Å²) in [6.07, 6.45) is 19.1. The van der Waals surface area contributed by atoms with Crippen LogP contribution in [0.1, 0.15) is 97.8 Å². The van der Waals surface area contributed by atoms with Crippen LogP contribution in [-0.4, -0.2) is 5.79 Å². The monoisotopic (exact) mass is 296 g/mol. The molecule has 21 heavy (non-hydrogen) atoms. The fraction of sp³-hybridized carbons (Fsp3) is 0.895. The van der Waals surface area contributed by atoms with Gasteiger partial charge >= 0.3 is 0 Å². The first kappa shape index (κ1) is 18.4. The molecule has 1 aliphatic heterocycles. The van der Waals surface area contributed by atoms with E-state index in [-0.39, 0.29) is 5.79 Å². The van der Waals surface area contributed by atoms with Crippen LogP contribution in [0.15, 0.2) is 12.5 Å². The van der Waals surface area contributed by atoms with Gasteiger partial charge in [0.05, 0.1) is 0 Å². The van der Waals surface area contributed by atoms with E-state index in [1.54, 1.807) is 12.5 Å². The standard InChI is InChI=1S/C19H36O2/c1-4-5-6-7-8-9-10-11-12-13-14-19(17-18(2)3)20-15-16-21-19/h15-16,18H,4-14,17H2,1-3H3. The molecule has 1 heterocycles. The minimum absolute atomic E-state index is 0.353. The molecule has 0 aromatic heterocycles. The van der Waals surface area contributed by atoms with Gasteiger partial charge in [-0.2, -0.15) is 0 Å². The predicted octanol–water partition coefficient (Wildman–Crippen LogP) is 6.56. The molecular weight excluding hydrogens is 260 g/mol. The van der Waals surface area contributed by atoms with Crippen LogP contribution in [0, 0.1) is 5.92 Å². The summed E-state index contributed by atoms with van der Waals surface area (Å²) in [5.41, 5.74) is 0. The Morgan fingerprint density at radius 3 is 1.71 bits per heavy atom. The fourth-order valence-corrected chi connectivity index (χ4v) is 3.15. The molecule has 1 rings (SSSR count). The first-order valence-electron chi connectivity index (χ1n) is 9.19. The van der Waals surface area contributed by atoms with Crippen molar-refractivity contribution in [3.63, 3.8) is 0 Å². The molecule has 0 saturated carbocycles. The van der Waals surface area contributed by atoms with E-state index in [0.29, 0.717) is 5.92 Å². The second-order valence-corrected chi connectivity index (χ2v) is 6.95. The van der Waals surface area contributed by atoms with Crippen LogP contribution >= 0.6 is 0 Å². The average molecular weight is 296 g/mol. The van der Waals surface area contributed by atoms with Crippen LogP contribution in [0.25, 0.3) is 0 Å². The lowest BCUT2D eigenvalue weighted by Crippen LogP contribution is -2.31. The van der Waals surface area contributed by atoms with Crippen LogP contribution in [-0.2, 0) is 9.47 Å². The van der Waals surface area contributed by atoms with Gasteiger partial charge in [-0.05, 0) is 12.3 Å². The zero-order valence-corrected chi connectivity index (χ0v) is 14.5. The van der Waals surface area contributed by atoms with E-state index in [9.17, 15) is 0 Å². The highest BCUT2D eigenvalue weighted by atomic mass is 16.7. The molecule has 0 amide bonds. The van der Waals surface area contributed by atoms with Crippen LogP contribution in [0.4, 0.5) is 0 Å². The molecular formula is C19H36O2. The Hall–Kier alpha value is -0.660. The Kier molecular flexibility index (Phi) is 9.62. The largest absolute Gasteiger partial charge is 0.457 e. The molecule has 124 valence electrons. The van der Waals surface area contributed by atoms with Crippen molar-refractivity contribution in [2.45, 2.75) is 104 Å². The van der Waals surface area contributed by atoms with Crippen molar-refractivity contribution in [1.29, 1.82) is 0 Å². The van der Waals surface area contributed by atoms with Crippen molar-refractivity contribution in [2.24, 2.45) is 5.92 Å². The van der Waals surface area contributed by atoms with Crippen molar-refractivity contribution < 1.29 is 9.47 Å². The first-order valence-corrected chi connectivity index (χ1v) is 9.19. The van der Waals surface area contributed by atoms with E-state index in [0.717, 1.165) is 12.8 Å². The maximum absolute atomic E-state index is 5.73. The molecule has 0 unspecified atom stereocenters. The predicted molar refractivity (Wildman–Crippen MR) is 90.0 cm³/mol. The highest BCUT2D eigenvalue weighted by Crippen LogP contribution is 2.33.